The maximum Gasteiger partial charge on any atom is 0.336 e. The zero-order valence-corrected chi connectivity index (χ0v) is 15.5. The predicted octanol–water partition coefficient (Wildman–Crippen LogP) is 1.80. The maximum absolute atomic E-state index is 13.2. The minimum atomic E-state index is -1.52. The van der Waals surface area contributed by atoms with E-state index in [2.05, 4.69) is 0 Å². The summed E-state index contributed by atoms with van der Waals surface area (Å²) in [5, 5.41) is 18.7. The molecular formula is C21H12O10. The van der Waals surface area contributed by atoms with Gasteiger partial charge in [0.2, 0.25) is 0 Å². The molecule has 4 rings (SSSR count). The van der Waals surface area contributed by atoms with Crippen LogP contribution in [0.4, 0.5) is 0 Å². The van der Waals surface area contributed by atoms with E-state index in [1.807, 2.05) is 0 Å². The summed E-state index contributed by atoms with van der Waals surface area (Å²) in [6, 6.07) is 4.48. The van der Waals surface area contributed by atoms with Gasteiger partial charge in [0.25, 0.3) is 12.9 Å². The first kappa shape index (κ1) is 20.0. The third kappa shape index (κ3) is 2.96. The van der Waals surface area contributed by atoms with Crippen molar-refractivity contribution in [2.45, 2.75) is 18.3 Å². The topological polar surface area (TPSA) is 161 Å². The van der Waals surface area contributed by atoms with Gasteiger partial charge >= 0.3 is 11.9 Å². The van der Waals surface area contributed by atoms with E-state index in [1.165, 1.54) is 12.1 Å². The Balaban J connectivity index is 1.94. The predicted molar refractivity (Wildman–Crippen MR) is 98.9 cm³/mol. The van der Waals surface area contributed by atoms with E-state index in [9.17, 15) is 39.0 Å². The number of benzene rings is 2. The van der Waals surface area contributed by atoms with E-state index in [0.717, 1.165) is 12.1 Å². The van der Waals surface area contributed by atoms with Crippen LogP contribution in [0.5, 0.6) is 11.5 Å². The highest BCUT2D eigenvalue weighted by Gasteiger charge is 2.45. The molecule has 2 aromatic rings. The van der Waals surface area contributed by atoms with Crippen molar-refractivity contribution in [1.82, 2.24) is 0 Å². The fraction of sp³-hybridized carbons (Fsp3) is 0.143. The van der Waals surface area contributed by atoms with Crippen LogP contribution in [0.25, 0.3) is 0 Å². The van der Waals surface area contributed by atoms with Crippen molar-refractivity contribution in [2.75, 3.05) is 0 Å². The van der Waals surface area contributed by atoms with Gasteiger partial charge in [-0.15, -0.1) is 0 Å². The van der Waals surface area contributed by atoms with Gasteiger partial charge < -0.3 is 19.7 Å². The SMILES string of the molecule is O=COc1cc2c(cc1OC=O)C1CC(C2=O)c2cc(C(=O)O)c(C(=O)O)cc2C1=O. The van der Waals surface area contributed by atoms with Crippen molar-refractivity contribution in [3.05, 3.63) is 57.6 Å². The van der Waals surface area contributed by atoms with Gasteiger partial charge in [-0.05, 0) is 41.8 Å². The van der Waals surface area contributed by atoms with Gasteiger partial charge in [-0.2, -0.15) is 0 Å². The molecule has 31 heavy (non-hydrogen) atoms. The third-order valence-electron chi connectivity index (χ3n) is 5.50. The number of ketones is 2. The zero-order chi connectivity index (χ0) is 22.4. The van der Waals surface area contributed by atoms with E-state index in [4.69, 9.17) is 9.47 Å². The number of fused-ring (bicyclic) bond motifs is 6. The summed E-state index contributed by atoms with van der Waals surface area (Å²) in [5.74, 6) is -6.11. The van der Waals surface area contributed by atoms with Crippen LogP contribution in [0.1, 0.15) is 70.8 Å². The summed E-state index contributed by atoms with van der Waals surface area (Å²) in [6.45, 7) is 0.179. The number of rotatable bonds is 6. The van der Waals surface area contributed by atoms with Crippen molar-refractivity contribution in [2.24, 2.45) is 0 Å². The van der Waals surface area contributed by atoms with Crippen molar-refractivity contribution < 1.29 is 48.5 Å². The molecule has 2 N–H and O–H groups in total. The van der Waals surface area contributed by atoms with Crippen molar-refractivity contribution in [3.8, 4) is 11.5 Å². The Morgan fingerprint density at radius 3 is 1.74 bits per heavy atom. The van der Waals surface area contributed by atoms with Crippen LogP contribution in [-0.2, 0) is 9.59 Å². The van der Waals surface area contributed by atoms with Crippen LogP contribution in [0.3, 0.4) is 0 Å². The molecular weight excluding hydrogens is 412 g/mol. The molecule has 2 unspecified atom stereocenters. The minimum absolute atomic E-state index is 0.0392. The van der Waals surface area contributed by atoms with Gasteiger partial charge in [-0.3, -0.25) is 19.2 Å². The number of aromatic carboxylic acids is 2. The number of carboxylic acid groups (broad SMARTS) is 2. The van der Waals surface area contributed by atoms with Gasteiger partial charge in [0.05, 0.1) is 11.1 Å². The Hall–Kier alpha value is -4.34. The number of ether oxygens (including phenoxy) is 2. The molecule has 0 fully saturated rings. The van der Waals surface area contributed by atoms with Crippen LogP contribution < -0.4 is 9.47 Å². The molecule has 0 heterocycles. The Kier molecular flexibility index (Phi) is 4.61. The molecule has 0 aromatic heterocycles. The number of hydrogen-bond donors (Lipinski definition) is 2. The zero-order valence-electron chi connectivity index (χ0n) is 15.5. The van der Waals surface area contributed by atoms with Gasteiger partial charge in [0, 0.05) is 23.0 Å². The summed E-state index contributed by atoms with van der Waals surface area (Å²) in [5.41, 5.74) is -0.706. The minimum Gasteiger partial charge on any atom is -0.478 e. The van der Waals surface area contributed by atoms with Gasteiger partial charge in [0.1, 0.15) is 0 Å². The smallest absolute Gasteiger partial charge is 0.336 e. The highest BCUT2D eigenvalue weighted by molar-refractivity contribution is 6.15. The number of carbonyl (C=O) groups is 6. The van der Waals surface area contributed by atoms with Crippen LogP contribution >= 0.6 is 0 Å². The highest BCUT2D eigenvalue weighted by Crippen LogP contribution is 2.49. The summed E-state index contributed by atoms with van der Waals surface area (Å²) >= 11 is 0. The fourth-order valence-corrected chi connectivity index (χ4v) is 4.20. The molecule has 2 aliphatic carbocycles. The molecule has 10 heteroatoms. The van der Waals surface area contributed by atoms with Gasteiger partial charge in [0.15, 0.2) is 23.1 Å². The molecule has 0 spiro atoms. The summed E-state index contributed by atoms with van der Waals surface area (Å²) in [6.07, 6.45) is 0.0392. The monoisotopic (exact) mass is 424 g/mol. The molecule has 0 radical (unpaired) electrons. The number of carboxylic acids is 2. The number of hydrogen-bond acceptors (Lipinski definition) is 8. The lowest BCUT2D eigenvalue weighted by molar-refractivity contribution is -0.123. The van der Waals surface area contributed by atoms with Crippen molar-refractivity contribution in [3.63, 3.8) is 0 Å². The first-order chi connectivity index (χ1) is 14.8. The third-order valence-corrected chi connectivity index (χ3v) is 5.50. The van der Waals surface area contributed by atoms with Gasteiger partial charge in [-0.1, -0.05) is 0 Å². The second-order valence-corrected chi connectivity index (χ2v) is 6.98. The van der Waals surface area contributed by atoms with Gasteiger partial charge in [-0.25, -0.2) is 9.59 Å². The first-order valence-electron chi connectivity index (χ1n) is 8.90. The average Bonchev–Trinajstić information content (AvgIpc) is 2.73. The lowest BCUT2D eigenvalue weighted by Crippen LogP contribution is -2.35. The molecule has 2 aromatic carbocycles. The number of carbonyl (C=O) groups excluding carboxylic acids is 4. The summed E-state index contributed by atoms with van der Waals surface area (Å²) in [4.78, 5) is 71.0. The lowest BCUT2D eigenvalue weighted by Gasteiger charge is -2.36. The van der Waals surface area contributed by atoms with E-state index in [0.29, 0.717) is 0 Å². The second kappa shape index (κ2) is 7.17. The fourth-order valence-electron chi connectivity index (χ4n) is 4.20. The van der Waals surface area contributed by atoms with Crippen LogP contribution in [0, 0.1) is 0 Å². The molecule has 2 bridgehead atoms. The Morgan fingerprint density at radius 1 is 0.774 bits per heavy atom. The molecule has 0 aliphatic heterocycles. The Labute approximate surface area is 173 Å². The molecule has 10 nitrogen and oxygen atoms in total. The molecule has 2 aliphatic rings. The highest BCUT2D eigenvalue weighted by atomic mass is 16.6. The van der Waals surface area contributed by atoms with E-state index in [1.54, 1.807) is 0 Å². The van der Waals surface area contributed by atoms with E-state index < -0.39 is 46.5 Å². The van der Waals surface area contributed by atoms with E-state index >= 15 is 0 Å². The number of Topliss-reactive ketones (excluding diaryl/α,β-unsaturated/α-hetero) is 2. The molecule has 0 amide bonds. The molecule has 0 saturated carbocycles. The average molecular weight is 424 g/mol. The molecule has 0 saturated heterocycles. The van der Waals surface area contributed by atoms with Crippen LogP contribution in [0.2, 0.25) is 0 Å². The quantitative estimate of drug-likeness (QED) is 0.654. The summed E-state index contributed by atoms with van der Waals surface area (Å²) < 4.78 is 9.57. The van der Waals surface area contributed by atoms with Crippen LogP contribution in [0.15, 0.2) is 24.3 Å². The lowest BCUT2D eigenvalue weighted by atomic mass is 9.65. The van der Waals surface area contributed by atoms with Crippen LogP contribution in [-0.4, -0.2) is 46.7 Å². The molecule has 2 atom stereocenters. The normalized spacial score (nSPS) is 18.5. The largest absolute Gasteiger partial charge is 0.478 e. The maximum atomic E-state index is 13.2. The second-order valence-electron chi connectivity index (χ2n) is 6.98. The van der Waals surface area contributed by atoms with Crippen molar-refractivity contribution >= 4 is 36.4 Å². The molecule has 156 valence electrons. The standard InChI is InChI=1S/C21H12O10/c22-6-30-16-4-9-11-2-10(19(25)13(9)5-17(16)31-7-23)8-1-14(20(26)27)15(21(28)29)3-12(8)18(11)24/h1,3-7,10-11H,2H2,(H,26,27)(H,28,29). The summed E-state index contributed by atoms with van der Waals surface area (Å²) in [7, 11) is 0. The first-order valence-corrected chi connectivity index (χ1v) is 8.90. The Bertz CT molecular complexity index is 1210. The van der Waals surface area contributed by atoms with E-state index in [-0.39, 0.29) is 53.1 Å². The van der Waals surface area contributed by atoms with Crippen molar-refractivity contribution in [1.29, 1.82) is 0 Å². The Morgan fingerprint density at radius 2 is 1.23 bits per heavy atom.